The number of carbonyl (C=O) groups excluding carboxylic acids is 4. The van der Waals surface area contributed by atoms with Crippen molar-refractivity contribution >= 4 is 46.5 Å². The highest BCUT2D eigenvalue weighted by Gasteiger charge is 2.32. The van der Waals surface area contributed by atoms with Crippen LogP contribution in [0.25, 0.3) is 10.9 Å². The number of guanidine groups is 1. The summed E-state index contributed by atoms with van der Waals surface area (Å²) < 4.78 is 0. The molecule has 49 heavy (non-hydrogen) atoms. The molecule has 0 saturated heterocycles. The number of benzene rings is 2. The monoisotopic (exact) mass is 677 g/mol. The third-order valence-corrected chi connectivity index (χ3v) is 8.16. The van der Waals surface area contributed by atoms with Gasteiger partial charge >= 0.3 is 5.97 Å². The molecule has 3 aromatic rings. The van der Waals surface area contributed by atoms with Gasteiger partial charge in [0.1, 0.15) is 18.1 Å². The Morgan fingerprint density at radius 1 is 0.878 bits per heavy atom. The molecule has 0 spiro atoms. The van der Waals surface area contributed by atoms with Crippen LogP contribution >= 0.6 is 0 Å². The number of aliphatic imine (C=N–C) groups is 1. The van der Waals surface area contributed by atoms with Crippen molar-refractivity contribution in [1.29, 1.82) is 0 Å². The Balaban J connectivity index is 1.77. The summed E-state index contributed by atoms with van der Waals surface area (Å²) in [7, 11) is 0. The molecule has 4 amide bonds. The summed E-state index contributed by atoms with van der Waals surface area (Å²) >= 11 is 0. The van der Waals surface area contributed by atoms with Crippen molar-refractivity contribution in [3.63, 3.8) is 0 Å². The number of rotatable bonds is 19. The summed E-state index contributed by atoms with van der Waals surface area (Å²) in [5.41, 5.74) is 19.3. The summed E-state index contributed by atoms with van der Waals surface area (Å²) in [4.78, 5) is 72.0. The van der Waals surface area contributed by atoms with E-state index in [1.54, 1.807) is 13.1 Å². The van der Waals surface area contributed by atoms with Crippen LogP contribution in [0, 0.1) is 5.92 Å². The van der Waals surface area contributed by atoms with E-state index in [-0.39, 0.29) is 37.7 Å². The van der Waals surface area contributed by atoms with Gasteiger partial charge in [-0.25, -0.2) is 4.79 Å². The van der Waals surface area contributed by atoms with E-state index in [9.17, 15) is 29.1 Å². The first kappa shape index (κ1) is 38.0. The number of aromatic nitrogens is 1. The van der Waals surface area contributed by atoms with Crippen LogP contribution in [-0.2, 0) is 36.8 Å². The fourth-order valence-electron chi connectivity index (χ4n) is 5.22. The average molecular weight is 678 g/mol. The number of nitrogens with zero attached hydrogens (tertiary/aromatic N) is 1. The highest BCUT2D eigenvalue weighted by atomic mass is 16.4. The number of carboxylic acid groups (broad SMARTS) is 1. The van der Waals surface area contributed by atoms with E-state index in [2.05, 4.69) is 31.2 Å². The topological polar surface area (TPSA) is 260 Å². The minimum Gasteiger partial charge on any atom is -0.480 e. The molecule has 264 valence electrons. The summed E-state index contributed by atoms with van der Waals surface area (Å²) in [5, 5.41) is 21.1. The smallest absolute Gasteiger partial charge is 0.326 e. The van der Waals surface area contributed by atoms with Crippen LogP contribution in [0.3, 0.4) is 0 Å². The van der Waals surface area contributed by atoms with Crippen LogP contribution in [0.4, 0.5) is 0 Å². The lowest BCUT2D eigenvalue weighted by Crippen LogP contribution is -2.58. The lowest BCUT2D eigenvalue weighted by atomic mass is 9.97. The van der Waals surface area contributed by atoms with Gasteiger partial charge in [-0.1, -0.05) is 68.8 Å². The molecular weight excluding hydrogens is 630 g/mol. The fourth-order valence-corrected chi connectivity index (χ4v) is 5.22. The maximum absolute atomic E-state index is 13.8. The molecule has 1 aromatic heterocycles. The van der Waals surface area contributed by atoms with Crippen LogP contribution in [0.5, 0.6) is 0 Å². The van der Waals surface area contributed by atoms with Gasteiger partial charge in [-0.15, -0.1) is 0 Å². The number of carboxylic acids is 1. The third-order valence-electron chi connectivity index (χ3n) is 8.16. The van der Waals surface area contributed by atoms with Crippen LogP contribution in [0.2, 0.25) is 0 Å². The maximum atomic E-state index is 13.8. The van der Waals surface area contributed by atoms with Crippen molar-refractivity contribution in [3.8, 4) is 0 Å². The number of aliphatic carboxylic acids is 1. The second kappa shape index (κ2) is 18.8. The Labute approximate surface area is 284 Å². The Morgan fingerprint density at radius 2 is 1.55 bits per heavy atom. The van der Waals surface area contributed by atoms with Crippen molar-refractivity contribution < 1.29 is 29.1 Å². The van der Waals surface area contributed by atoms with Crippen molar-refractivity contribution in [2.24, 2.45) is 28.1 Å². The Morgan fingerprint density at radius 3 is 2.22 bits per heavy atom. The molecule has 1 heterocycles. The van der Waals surface area contributed by atoms with Crippen LogP contribution in [-0.4, -0.2) is 82.9 Å². The minimum atomic E-state index is -1.20. The number of fused-ring (bicyclic) bond motifs is 1. The highest BCUT2D eigenvalue weighted by Crippen LogP contribution is 2.20. The van der Waals surface area contributed by atoms with Crippen LogP contribution < -0.4 is 38.5 Å². The van der Waals surface area contributed by atoms with Crippen LogP contribution in [0.1, 0.15) is 44.2 Å². The van der Waals surface area contributed by atoms with E-state index >= 15 is 0 Å². The zero-order valence-corrected chi connectivity index (χ0v) is 27.8. The minimum absolute atomic E-state index is 0.0262. The number of carbonyl (C=O) groups is 5. The normalized spacial score (nSPS) is 14.0. The molecule has 12 N–H and O–H groups in total. The first-order valence-corrected chi connectivity index (χ1v) is 16.2. The van der Waals surface area contributed by atoms with Gasteiger partial charge < -0.3 is 48.6 Å². The largest absolute Gasteiger partial charge is 0.480 e. The summed E-state index contributed by atoms with van der Waals surface area (Å²) in [6, 6.07) is 12.2. The van der Waals surface area contributed by atoms with Gasteiger partial charge in [0.2, 0.25) is 23.6 Å². The number of hydrogen-bond acceptors (Lipinski definition) is 7. The predicted octanol–water partition coefficient (Wildman–Crippen LogP) is 0.0353. The maximum Gasteiger partial charge on any atom is 0.326 e. The Kier molecular flexibility index (Phi) is 14.6. The third kappa shape index (κ3) is 11.9. The quantitative estimate of drug-likeness (QED) is 0.0470. The molecule has 0 fully saturated rings. The first-order chi connectivity index (χ1) is 23.4. The van der Waals surface area contributed by atoms with Crippen molar-refractivity contribution in [2.75, 3.05) is 13.1 Å². The highest BCUT2D eigenvalue weighted by molar-refractivity contribution is 5.95. The Hall–Kier alpha value is -5.44. The second-order valence-electron chi connectivity index (χ2n) is 11.9. The average Bonchev–Trinajstić information content (AvgIpc) is 3.49. The van der Waals surface area contributed by atoms with Gasteiger partial charge in [-0.3, -0.25) is 24.2 Å². The molecule has 3 rings (SSSR count). The van der Waals surface area contributed by atoms with E-state index in [4.69, 9.17) is 17.2 Å². The van der Waals surface area contributed by atoms with Gasteiger partial charge in [-0.05, 0) is 42.4 Å². The second-order valence-corrected chi connectivity index (χ2v) is 11.9. The standard InChI is InChI=1S/C34H47N9O6/c1-3-20(2)29(33(48)49)43-32(47)27(17-22-18-39-25-13-8-7-12-23(22)25)42-31(46)26(14-9-15-38-34(36)37)41-28(44)19-40-30(45)24(35)16-21-10-5-4-6-11-21/h4-8,10-13,18,20,24,26-27,29,39H,3,9,14-17,19,35H2,1-2H3,(H,40,45)(H,41,44)(H,42,46)(H,43,47)(H,48,49)(H4,36,37,38)/t20-,24-,26-,27-,29-/m0/s1. The van der Waals surface area contributed by atoms with E-state index in [0.29, 0.717) is 12.8 Å². The summed E-state index contributed by atoms with van der Waals surface area (Å²) in [6.07, 6.45) is 2.89. The fraction of sp³-hybridized carbons (Fsp3) is 0.412. The number of aromatic amines is 1. The number of H-pyrrole nitrogens is 1. The van der Waals surface area contributed by atoms with Gasteiger partial charge in [-0.2, -0.15) is 0 Å². The number of amides is 4. The van der Waals surface area contributed by atoms with Gasteiger partial charge in [0.15, 0.2) is 5.96 Å². The zero-order valence-electron chi connectivity index (χ0n) is 27.8. The number of nitrogens with one attached hydrogen (secondary N) is 5. The molecule has 15 heteroatoms. The SMILES string of the molecule is CC[C@H](C)[C@H](NC(=O)[C@H](Cc1c[nH]c2ccccc12)NC(=O)[C@H](CCCN=C(N)N)NC(=O)CNC(=O)[C@@H](N)Cc1ccccc1)C(=O)O. The first-order valence-electron chi connectivity index (χ1n) is 16.2. The zero-order chi connectivity index (χ0) is 35.9. The van der Waals surface area contributed by atoms with E-state index < -0.39 is 60.3 Å². The number of hydrogen-bond donors (Lipinski definition) is 9. The lowest BCUT2D eigenvalue weighted by molar-refractivity contribution is -0.143. The molecule has 5 atom stereocenters. The number of para-hydroxylation sites is 1. The van der Waals surface area contributed by atoms with Gasteiger partial charge in [0.25, 0.3) is 0 Å². The molecule has 15 nitrogen and oxygen atoms in total. The molecule has 0 unspecified atom stereocenters. The molecule has 0 saturated carbocycles. The predicted molar refractivity (Wildman–Crippen MR) is 186 cm³/mol. The Bertz CT molecular complexity index is 1610. The molecule has 0 aliphatic rings. The van der Waals surface area contributed by atoms with Gasteiger partial charge in [0, 0.05) is 30.1 Å². The molecule has 2 aromatic carbocycles. The van der Waals surface area contributed by atoms with E-state index in [1.807, 2.05) is 61.5 Å². The van der Waals surface area contributed by atoms with Crippen molar-refractivity contribution in [3.05, 3.63) is 71.9 Å². The van der Waals surface area contributed by atoms with Crippen molar-refractivity contribution in [1.82, 2.24) is 26.3 Å². The van der Waals surface area contributed by atoms with E-state index in [0.717, 1.165) is 22.0 Å². The number of nitrogens with two attached hydrogens (primary N) is 3. The summed E-state index contributed by atoms with van der Waals surface area (Å²) in [5.74, 6) is -4.32. The van der Waals surface area contributed by atoms with Gasteiger partial charge in [0.05, 0.1) is 12.6 Å². The molecule has 0 aliphatic heterocycles. The lowest BCUT2D eigenvalue weighted by Gasteiger charge is -2.26. The molecular formula is C34H47N9O6. The van der Waals surface area contributed by atoms with E-state index in [1.165, 1.54) is 0 Å². The molecule has 0 aliphatic carbocycles. The van der Waals surface area contributed by atoms with Crippen molar-refractivity contribution in [2.45, 2.75) is 70.1 Å². The summed E-state index contributed by atoms with van der Waals surface area (Å²) in [6.45, 7) is 3.24. The molecule has 0 radical (unpaired) electrons. The molecule has 0 bridgehead atoms. The van der Waals surface area contributed by atoms with Crippen LogP contribution in [0.15, 0.2) is 65.8 Å².